The first-order valence-corrected chi connectivity index (χ1v) is 9.65. The standard InChI is InChI=1S/C21H27FN6O2/c1-13-8-16(17-11-28(27-26-17)12-21(5,30)20(3,4)29)24-19(9-13)25-18-10-15(14(2)22)6-7-23-18/h6-11,14,29-30H,12H2,1-5H3,(H,23,24,25). The largest absolute Gasteiger partial charge is 0.387 e. The molecule has 30 heavy (non-hydrogen) atoms. The van der Waals surface area contributed by atoms with Crippen LogP contribution < -0.4 is 5.32 Å². The Balaban J connectivity index is 1.84. The van der Waals surface area contributed by atoms with Crippen LogP contribution in [0.4, 0.5) is 16.0 Å². The average molecular weight is 414 g/mol. The van der Waals surface area contributed by atoms with Crippen molar-refractivity contribution in [2.45, 2.75) is 58.5 Å². The van der Waals surface area contributed by atoms with Gasteiger partial charge in [0, 0.05) is 6.20 Å². The number of aryl methyl sites for hydroxylation is 1. The third-order valence-corrected chi connectivity index (χ3v) is 5.06. The zero-order chi connectivity index (χ0) is 22.1. The van der Waals surface area contributed by atoms with Crippen molar-refractivity contribution in [3.05, 3.63) is 47.8 Å². The number of hydrogen-bond acceptors (Lipinski definition) is 7. The molecule has 0 aliphatic carbocycles. The van der Waals surface area contributed by atoms with E-state index in [9.17, 15) is 14.6 Å². The lowest BCUT2D eigenvalue weighted by atomic mass is 9.88. The fourth-order valence-electron chi connectivity index (χ4n) is 2.76. The van der Waals surface area contributed by atoms with E-state index in [0.717, 1.165) is 5.56 Å². The van der Waals surface area contributed by atoms with Crippen LogP contribution in [0.2, 0.25) is 0 Å². The molecule has 0 amide bonds. The molecule has 0 saturated carbocycles. The third-order valence-electron chi connectivity index (χ3n) is 5.06. The monoisotopic (exact) mass is 414 g/mol. The lowest BCUT2D eigenvalue weighted by Crippen LogP contribution is -2.50. The quantitative estimate of drug-likeness (QED) is 0.544. The molecule has 0 aliphatic rings. The number of alkyl halides is 1. The van der Waals surface area contributed by atoms with E-state index in [1.807, 2.05) is 19.1 Å². The molecule has 0 aromatic carbocycles. The van der Waals surface area contributed by atoms with Crippen molar-refractivity contribution >= 4 is 11.6 Å². The molecule has 0 bridgehead atoms. The number of nitrogens with zero attached hydrogens (tertiary/aromatic N) is 5. The van der Waals surface area contributed by atoms with Crippen LogP contribution in [0.3, 0.4) is 0 Å². The summed E-state index contributed by atoms with van der Waals surface area (Å²) in [4.78, 5) is 8.77. The second-order valence-corrected chi connectivity index (χ2v) is 8.26. The maximum absolute atomic E-state index is 13.6. The summed E-state index contributed by atoms with van der Waals surface area (Å²) in [6, 6.07) is 6.98. The van der Waals surface area contributed by atoms with Crippen LogP contribution in [0.1, 0.15) is 45.0 Å². The van der Waals surface area contributed by atoms with Gasteiger partial charge in [-0.25, -0.2) is 19.0 Å². The van der Waals surface area contributed by atoms with Gasteiger partial charge in [0.15, 0.2) is 0 Å². The van der Waals surface area contributed by atoms with Gasteiger partial charge in [0.1, 0.15) is 29.1 Å². The number of rotatable bonds is 7. The summed E-state index contributed by atoms with van der Waals surface area (Å²) in [6.45, 7) is 8.09. The lowest BCUT2D eigenvalue weighted by molar-refractivity contribution is -0.129. The Labute approximate surface area is 174 Å². The molecule has 0 spiro atoms. The summed E-state index contributed by atoms with van der Waals surface area (Å²) in [5.41, 5.74) is -0.127. The molecule has 3 N–H and O–H groups in total. The van der Waals surface area contributed by atoms with Crippen molar-refractivity contribution in [1.29, 1.82) is 0 Å². The number of halogens is 1. The predicted octanol–water partition coefficient (Wildman–Crippen LogP) is 3.34. The topological polar surface area (TPSA) is 109 Å². The summed E-state index contributed by atoms with van der Waals surface area (Å²) in [5.74, 6) is 1.03. The molecular formula is C21H27FN6O2. The molecule has 3 rings (SSSR count). The van der Waals surface area contributed by atoms with E-state index in [0.29, 0.717) is 28.6 Å². The molecule has 0 aliphatic heterocycles. The minimum Gasteiger partial charge on any atom is -0.387 e. The smallest absolute Gasteiger partial charge is 0.132 e. The van der Waals surface area contributed by atoms with Crippen LogP contribution in [0.15, 0.2) is 36.7 Å². The van der Waals surface area contributed by atoms with Crippen molar-refractivity contribution in [2.24, 2.45) is 0 Å². The van der Waals surface area contributed by atoms with Gasteiger partial charge in [-0.05, 0) is 70.0 Å². The van der Waals surface area contributed by atoms with Crippen LogP contribution in [0.25, 0.3) is 11.4 Å². The maximum Gasteiger partial charge on any atom is 0.132 e. The highest BCUT2D eigenvalue weighted by Crippen LogP contribution is 2.25. The van der Waals surface area contributed by atoms with E-state index >= 15 is 0 Å². The highest BCUT2D eigenvalue weighted by atomic mass is 19.1. The average Bonchev–Trinajstić information content (AvgIpc) is 3.08. The van der Waals surface area contributed by atoms with Crippen LogP contribution in [0, 0.1) is 6.92 Å². The number of pyridine rings is 2. The fourth-order valence-corrected chi connectivity index (χ4v) is 2.76. The Morgan fingerprint density at radius 2 is 1.87 bits per heavy atom. The van der Waals surface area contributed by atoms with Gasteiger partial charge in [0.25, 0.3) is 0 Å². The molecule has 0 saturated heterocycles. The minimum absolute atomic E-state index is 0.0680. The minimum atomic E-state index is -1.39. The highest BCUT2D eigenvalue weighted by Gasteiger charge is 2.38. The van der Waals surface area contributed by atoms with Crippen molar-refractivity contribution in [3.8, 4) is 11.4 Å². The predicted molar refractivity (Wildman–Crippen MR) is 112 cm³/mol. The molecule has 0 fully saturated rings. The molecule has 2 atom stereocenters. The van der Waals surface area contributed by atoms with Crippen molar-refractivity contribution < 1.29 is 14.6 Å². The van der Waals surface area contributed by atoms with E-state index in [1.165, 1.54) is 25.5 Å². The van der Waals surface area contributed by atoms with E-state index < -0.39 is 17.4 Å². The van der Waals surface area contributed by atoms with Gasteiger partial charge in [0.05, 0.1) is 24.0 Å². The first-order chi connectivity index (χ1) is 13.9. The van der Waals surface area contributed by atoms with E-state index in [4.69, 9.17) is 0 Å². The van der Waals surface area contributed by atoms with Crippen molar-refractivity contribution in [1.82, 2.24) is 25.0 Å². The molecule has 0 radical (unpaired) electrons. The molecule has 3 heterocycles. The zero-order valence-corrected chi connectivity index (χ0v) is 17.8. The van der Waals surface area contributed by atoms with Crippen LogP contribution in [-0.2, 0) is 6.54 Å². The van der Waals surface area contributed by atoms with Crippen LogP contribution >= 0.6 is 0 Å². The Bertz CT molecular complexity index is 1030. The molecule has 9 heteroatoms. The van der Waals surface area contributed by atoms with E-state index in [1.54, 1.807) is 31.5 Å². The number of aliphatic hydroxyl groups is 2. The van der Waals surface area contributed by atoms with Gasteiger partial charge >= 0.3 is 0 Å². The van der Waals surface area contributed by atoms with Crippen LogP contribution in [0.5, 0.6) is 0 Å². The SMILES string of the molecule is Cc1cc(Nc2cc(C(C)F)ccn2)nc(-c2cn(CC(C)(O)C(C)(C)O)nn2)c1. The van der Waals surface area contributed by atoms with E-state index in [-0.39, 0.29) is 6.54 Å². The molecule has 3 aromatic rings. The summed E-state index contributed by atoms with van der Waals surface area (Å²) in [7, 11) is 0. The summed E-state index contributed by atoms with van der Waals surface area (Å²) in [6.07, 6.45) is 2.12. The summed E-state index contributed by atoms with van der Waals surface area (Å²) in [5, 5.41) is 31.9. The second kappa shape index (κ2) is 8.08. The first kappa shape index (κ1) is 21.8. The lowest BCUT2D eigenvalue weighted by Gasteiger charge is -2.35. The molecule has 2 unspecified atom stereocenters. The Morgan fingerprint density at radius 3 is 2.53 bits per heavy atom. The number of nitrogens with one attached hydrogen (secondary N) is 1. The number of aromatic nitrogens is 5. The van der Waals surface area contributed by atoms with Gasteiger partial charge in [-0.2, -0.15) is 0 Å². The normalized spacial score (nSPS) is 14.9. The number of hydrogen-bond donors (Lipinski definition) is 3. The third kappa shape index (κ3) is 4.98. The van der Waals surface area contributed by atoms with E-state index in [2.05, 4.69) is 25.6 Å². The second-order valence-electron chi connectivity index (χ2n) is 8.26. The van der Waals surface area contributed by atoms with Crippen molar-refractivity contribution in [3.63, 3.8) is 0 Å². The van der Waals surface area contributed by atoms with Crippen molar-refractivity contribution in [2.75, 3.05) is 5.32 Å². The maximum atomic E-state index is 13.6. The highest BCUT2D eigenvalue weighted by molar-refractivity contribution is 5.61. The Hall–Kier alpha value is -2.91. The van der Waals surface area contributed by atoms with Crippen LogP contribution in [-0.4, -0.2) is 46.4 Å². The van der Waals surface area contributed by atoms with Gasteiger partial charge in [-0.3, -0.25) is 0 Å². The van der Waals surface area contributed by atoms with Gasteiger partial charge in [-0.15, -0.1) is 5.10 Å². The molecule has 3 aromatic heterocycles. The number of anilines is 2. The first-order valence-electron chi connectivity index (χ1n) is 9.65. The Kier molecular flexibility index (Phi) is 5.87. The molecule has 8 nitrogen and oxygen atoms in total. The zero-order valence-electron chi connectivity index (χ0n) is 17.8. The molecular weight excluding hydrogens is 387 g/mol. The fraction of sp³-hybridized carbons (Fsp3) is 0.429. The van der Waals surface area contributed by atoms with Gasteiger partial charge < -0.3 is 15.5 Å². The summed E-state index contributed by atoms with van der Waals surface area (Å²) < 4.78 is 15.0. The Morgan fingerprint density at radius 1 is 1.13 bits per heavy atom. The molecule has 160 valence electrons. The van der Waals surface area contributed by atoms with Gasteiger partial charge in [0.2, 0.25) is 0 Å². The van der Waals surface area contributed by atoms with Gasteiger partial charge in [-0.1, -0.05) is 5.21 Å². The summed E-state index contributed by atoms with van der Waals surface area (Å²) >= 11 is 0.